The van der Waals surface area contributed by atoms with Crippen LogP contribution >= 0.6 is 0 Å². The summed E-state index contributed by atoms with van der Waals surface area (Å²) in [5, 5.41) is 11.3. The highest BCUT2D eigenvalue weighted by Gasteiger charge is 2.21. The summed E-state index contributed by atoms with van der Waals surface area (Å²) in [6.45, 7) is 5.50. The molecule has 2 amide bonds. The Labute approximate surface area is 198 Å². The molecule has 0 aliphatic rings. The number of nitrogens with zero attached hydrogens (tertiary/aromatic N) is 4. The second-order valence-corrected chi connectivity index (χ2v) is 7.64. The molecule has 12 heteroatoms. The van der Waals surface area contributed by atoms with Gasteiger partial charge in [0.2, 0.25) is 0 Å². The highest BCUT2D eigenvalue weighted by atomic mass is 19.1. The number of pyridine rings is 1. The first-order valence-electron chi connectivity index (χ1n) is 10.6. The predicted octanol–water partition coefficient (Wildman–Crippen LogP) is 2.75. The van der Waals surface area contributed by atoms with Crippen LogP contribution in [0.5, 0.6) is 0 Å². The van der Waals surface area contributed by atoms with E-state index < -0.39 is 23.6 Å². The van der Waals surface area contributed by atoms with Crippen molar-refractivity contribution in [2.75, 3.05) is 11.9 Å². The number of hydrogen-bond acceptors (Lipinski definition) is 8. The van der Waals surface area contributed by atoms with Crippen LogP contribution in [0.25, 0.3) is 10.9 Å². The molecule has 1 aromatic carbocycles. The van der Waals surface area contributed by atoms with Crippen LogP contribution in [0.15, 0.2) is 34.9 Å². The van der Waals surface area contributed by atoms with E-state index >= 15 is 0 Å². The van der Waals surface area contributed by atoms with Crippen LogP contribution in [0.3, 0.4) is 0 Å². The summed E-state index contributed by atoms with van der Waals surface area (Å²) in [6.07, 6.45) is 0. The molecular formula is C23H21FN6O5. The van der Waals surface area contributed by atoms with Crippen LogP contribution in [0, 0.1) is 19.7 Å². The van der Waals surface area contributed by atoms with E-state index in [1.54, 1.807) is 25.5 Å². The molecule has 3 aromatic heterocycles. The molecule has 0 unspecified atom stereocenters. The summed E-state index contributed by atoms with van der Waals surface area (Å²) in [7, 11) is 0. The number of rotatable bonds is 7. The fraction of sp³-hybridized carbons (Fsp3) is 0.217. The fourth-order valence-electron chi connectivity index (χ4n) is 3.56. The zero-order valence-electron chi connectivity index (χ0n) is 19.1. The van der Waals surface area contributed by atoms with Crippen molar-refractivity contribution < 1.29 is 28.0 Å². The zero-order valence-corrected chi connectivity index (χ0v) is 19.1. The molecule has 0 aliphatic heterocycles. The number of primary amides is 1. The number of halogens is 1. The fourth-order valence-corrected chi connectivity index (χ4v) is 3.56. The van der Waals surface area contributed by atoms with E-state index in [9.17, 15) is 18.8 Å². The predicted molar refractivity (Wildman–Crippen MR) is 121 cm³/mol. The van der Waals surface area contributed by atoms with Crippen LogP contribution in [-0.2, 0) is 11.3 Å². The van der Waals surface area contributed by atoms with Crippen molar-refractivity contribution in [2.24, 2.45) is 5.73 Å². The Morgan fingerprint density at radius 2 is 1.94 bits per heavy atom. The number of hydrogen-bond donors (Lipinski definition) is 2. The second kappa shape index (κ2) is 9.33. The molecule has 180 valence electrons. The van der Waals surface area contributed by atoms with Crippen LogP contribution in [0.4, 0.5) is 10.1 Å². The number of nitrogens with two attached hydrogens (primary N) is 1. The van der Waals surface area contributed by atoms with Gasteiger partial charge in [-0.05, 0) is 39.0 Å². The van der Waals surface area contributed by atoms with E-state index in [-0.39, 0.29) is 35.6 Å². The summed E-state index contributed by atoms with van der Waals surface area (Å²) in [5.41, 5.74) is 7.00. The van der Waals surface area contributed by atoms with Gasteiger partial charge in [0.1, 0.15) is 18.1 Å². The summed E-state index contributed by atoms with van der Waals surface area (Å²) in [5.74, 6) is -2.20. The number of carbonyl (C=O) groups excluding carboxylic acids is 3. The molecule has 0 aliphatic carbocycles. The van der Waals surface area contributed by atoms with E-state index in [0.29, 0.717) is 28.2 Å². The Kier molecular flexibility index (Phi) is 6.28. The Morgan fingerprint density at radius 3 is 2.66 bits per heavy atom. The smallest absolute Gasteiger partial charge is 0.360 e. The highest BCUT2D eigenvalue weighted by molar-refractivity contribution is 6.14. The molecule has 3 heterocycles. The van der Waals surface area contributed by atoms with Crippen LogP contribution in [0.2, 0.25) is 0 Å². The number of ether oxygens (including phenoxy) is 1. The topological polar surface area (TPSA) is 155 Å². The third-order valence-electron chi connectivity index (χ3n) is 5.24. The molecule has 0 spiro atoms. The van der Waals surface area contributed by atoms with Crippen molar-refractivity contribution in [3.05, 3.63) is 70.2 Å². The number of aryl methyl sites for hydroxylation is 1. The minimum atomic E-state index is -0.848. The Balaban J connectivity index is 1.62. The van der Waals surface area contributed by atoms with Crippen LogP contribution < -0.4 is 11.1 Å². The van der Waals surface area contributed by atoms with Gasteiger partial charge in [-0.3, -0.25) is 14.3 Å². The quantitative estimate of drug-likeness (QED) is 0.383. The lowest BCUT2D eigenvalue weighted by Crippen LogP contribution is -2.18. The molecule has 0 radical (unpaired) electrons. The van der Waals surface area contributed by atoms with E-state index in [2.05, 4.69) is 20.6 Å². The lowest BCUT2D eigenvalue weighted by atomic mass is 10.1. The first-order chi connectivity index (χ1) is 16.7. The molecule has 35 heavy (non-hydrogen) atoms. The number of fused-ring (bicyclic) bond motifs is 1. The number of aromatic nitrogens is 4. The monoisotopic (exact) mass is 480 g/mol. The summed E-state index contributed by atoms with van der Waals surface area (Å²) in [6, 6.07) is 6.44. The van der Waals surface area contributed by atoms with Gasteiger partial charge >= 0.3 is 5.97 Å². The Hall–Kier alpha value is -4.61. The average molecular weight is 480 g/mol. The van der Waals surface area contributed by atoms with Crippen molar-refractivity contribution in [3.63, 3.8) is 0 Å². The number of anilines is 1. The van der Waals surface area contributed by atoms with E-state index in [4.69, 9.17) is 15.0 Å². The maximum Gasteiger partial charge on any atom is 0.360 e. The van der Waals surface area contributed by atoms with Crippen LogP contribution in [-0.4, -0.2) is 44.3 Å². The Morgan fingerprint density at radius 1 is 1.17 bits per heavy atom. The first-order valence-corrected chi connectivity index (χ1v) is 10.6. The normalized spacial score (nSPS) is 11.0. The van der Waals surface area contributed by atoms with Crippen LogP contribution in [0.1, 0.15) is 55.4 Å². The van der Waals surface area contributed by atoms with E-state index in [1.165, 1.54) is 24.3 Å². The van der Waals surface area contributed by atoms with Gasteiger partial charge in [0.15, 0.2) is 11.5 Å². The summed E-state index contributed by atoms with van der Waals surface area (Å²) in [4.78, 5) is 40.7. The number of benzene rings is 1. The molecule has 11 nitrogen and oxygen atoms in total. The van der Waals surface area contributed by atoms with Gasteiger partial charge in [0, 0.05) is 17.5 Å². The molecule has 3 N–H and O–H groups in total. The summed E-state index contributed by atoms with van der Waals surface area (Å²) >= 11 is 0. The molecule has 0 atom stereocenters. The van der Waals surface area contributed by atoms with Gasteiger partial charge in [-0.1, -0.05) is 5.16 Å². The number of amides is 2. The number of esters is 1. The van der Waals surface area contributed by atoms with Gasteiger partial charge in [0.25, 0.3) is 11.8 Å². The minimum absolute atomic E-state index is 0.0446. The van der Waals surface area contributed by atoms with Crippen molar-refractivity contribution in [3.8, 4) is 0 Å². The first kappa shape index (κ1) is 23.5. The molecule has 0 saturated heterocycles. The highest BCUT2D eigenvalue weighted by Crippen LogP contribution is 2.25. The zero-order chi connectivity index (χ0) is 25.3. The van der Waals surface area contributed by atoms with Gasteiger partial charge < -0.3 is 20.3 Å². The maximum atomic E-state index is 13.7. The second-order valence-electron chi connectivity index (χ2n) is 7.64. The SMILES string of the molecule is CCOC(=O)c1cc(Cn2nc(C)c(NC(=O)c3cc(C(N)=O)nc4cc(F)ccc34)c2C)on1. The van der Waals surface area contributed by atoms with E-state index in [0.717, 1.165) is 6.07 Å². The van der Waals surface area contributed by atoms with E-state index in [1.807, 2.05) is 0 Å². The van der Waals surface area contributed by atoms with Crippen molar-refractivity contribution >= 4 is 34.4 Å². The van der Waals surface area contributed by atoms with Crippen molar-refractivity contribution in [2.45, 2.75) is 27.3 Å². The van der Waals surface area contributed by atoms with Gasteiger partial charge in [-0.15, -0.1) is 0 Å². The molecule has 4 aromatic rings. The van der Waals surface area contributed by atoms with Crippen molar-refractivity contribution in [1.29, 1.82) is 0 Å². The standard InChI is InChI=1S/C23H21FN6O5/c1-4-34-23(33)19-8-14(35-29-19)10-30-12(3)20(11(2)28-30)27-22(32)16-9-18(21(25)31)26-17-7-13(24)5-6-15(16)17/h5-9H,4,10H2,1-3H3,(H2,25,31)(H,27,32). The van der Waals surface area contributed by atoms with Gasteiger partial charge in [-0.25, -0.2) is 14.2 Å². The molecular weight excluding hydrogens is 459 g/mol. The molecule has 0 fully saturated rings. The lowest BCUT2D eigenvalue weighted by molar-refractivity contribution is 0.0514. The molecule has 0 saturated carbocycles. The van der Waals surface area contributed by atoms with Crippen molar-refractivity contribution in [1.82, 2.24) is 19.9 Å². The molecule has 4 rings (SSSR count). The largest absolute Gasteiger partial charge is 0.461 e. The minimum Gasteiger partial charge on any atom is -0.461 e. The lowest BCUT2D eigenvalue weighted by Gasteiger charge is -2.10. The third kappa shape index (κ3) is 4.71. The third-order valence-corrected chi connectivity index (χ3v) is 5.24. The average Bonchev–Trinajstić information content (AvgIpc) is 3.38. The maximum absolute atomic E-state index is 13.7. The Bertz CT molecular complexity index is 1470. The summed E-state index contributed by atoms with van der Waals surface area (Å²) < 4.78 is 25.4. The number of nitrogens with one attached hydrogen (secondary N) is 1. The van der Waals surface area contributed by atoms with Gasteiger partial charge in [-0.2, -0.15) is 5.10 Å². The van der Waals surface area contributed by atoms with Gasteiger partial charge in [0.05, 0.1) is 34.8 Å². The number of carbonyl (C=O) groups is 3. The molecule has 0 bridgehead atoms.